The second-order valence-electron chi connectivity index (χ2n) is 10.5. The van der Waals surface area contributed by atoms with Crippen molar-refractivity contribution in [2.75, 3.05) is 5.75 Å². The van der Waals surface area contributed by atoms with Crippen LogP contribution in [0.1, 0.15) is 102 Å². The van der Waals surface area contributed by atoms with Crippen LogP contribution in [-0.2, 0) is 10.0 Å². The maximum atomic E-state index is 12.7. The lowest BCUT2D eigenvalue weighted by molar-refractivity contribution is 0.536. The van der Waals surface area contributed by atoms with Crippen LogP contribution >= 0.6 is 0 Å². The molecule has 1 N–H and O–H groups in total. The largest absolute Gasteiger partial charge is 0.293 e. The molecule has 0 radical (unpaired) electrons. The molecule has 0 saturated heterocycles. The van der Waals surface area contributed by atoms with Crippen LogP contribution < -0.4 is 10.3 Å². The Balaban J connectivity index is 1.45. The van der Waals surface area contributed by atoms with Gasteiger partial charge < -0.3 is 0 Å². The number of sulfonamides is 1. The van der Waals surface area contributed by atoms with Crippen LogP contribution in [0.5, 0.6) is 0 Å². The highest BCUT2D eigenvalue weighted by molar-refractivity contribution is 7.89. The second kappa shape index (κ2) is 16.4. The quantitative estimate of drug-likeness (QED) is 0.131. The fourth-order valence-electron chi connectivity index (χ4n) is 5.04. The normalized spacial score (nSPS) is 12.3. The highest BCUT2D eigenvalue weighted by Crippen LogP contribution is 2.19. The predicted octanol–water partition coefficient (Wildman–Crippen LogP) is 8.16. The number of aromatic nitrogens is 1. The van der Waals surface area contributed by atoms with Crippen molar-refractivity contribution in [2.45, 2.75) is 104 Å². The Morgan fingerprint density at radius 2 is 1.24 bits per heavy atom. The second-order valence-corrected chi connectivity index (χ2v) is 12.3. The van der Waals surface area contributed by atoms with Crippen molar-refractivity contribution in [2.24, 2.45) is 5.10 Å². The Labute approximate surface area is 230 Å². The maximum absolute atomic E-state index is 12.7. The van der Waals surface area contributed by atoms with Crippen LogP contribution in [0.3, 0.4) is 0 Å². The van der Waals surface area contributed by atoms with E-state index in [1.807, 2.05) is 66.1 Å². The monoisotopic (exact) mass is 537 g/mol. The fraction of sp³-hybridized carbons (Fsp3) is 0.531. The van der Waals surface area contributed by atoms with Gasteiger partial charge in [0.2, 0.25) is 10.0 Å². The van der Waals surface area contributed by atoms with Crippen molar-refractivity contribution in [3.8, 4) is 5.69 Å². The Morgan fingerprint density at radius 1 is 0.711 bits per heavy atom. The molecular formula is C32H47N3O2S. The smallest absolute Gasteiger partial charge is 0.247 e. The molecule has 0 aliphatic heterocycles. The van der Waals surface area contributed by atoms with Gasteiger partial charge in [0.25, 0.3) is 0 Å². The predicted molar refractivity (Wildman–Crippen MR) is 161 cm³/mol. The summed E-state index contributed by atoms with van der Waals surface area (Å²) in [7, 11) is -3.49. The number of benzene rings is 2. The summed E-state index contributed by atoms with van der Waals surface area (Å²) in [5.74, 6) is 0.104. The zero-order valence-electron chi connectivity index (χ0n) is 23.5. The molecule has 3 aromatic rings. The summed E-state index contributed by atoms with van der Waals surface area (Å²) in [6.45, 7) is 4.29. The van der Waals surface area contributed by atoms with E-state index in [4.69, 9.17) is 0 Å². The topological polar surface area (TPSA) is 63.5 Å². The molecule has 0 saturated carbocycles. The SMILES string of the molecule is CCCCCCCCCCCCCCCCS(=O)(=O)N/N=c1/cc(C)c2ccccc2n1-c1ccccc1. The fourth-order valence-corrected chi connectivity index (χ4v) is 5.95. The lowest BCUT2D eigenvalue weighted by Gasteiger charge is -2.14. The number of hydrogen-bond donors (Lipinski definition) is 1. The number of aryl methyl sites for hydroxylation is 1. The molecule has 5 nitrogen and oxygen atoms in total. The van der Waals surface area contributed by atoms with Gasteiger partial charge in [0.1, 0.15) is 0 Å². The van der Waals surface area contributed by atoms with Gasteiger partial charge in [-0.15, -0.1) is 5.10 Å². The number of rotatable bonds is 18. The Bertz CT molecular complexity index is 1270. The Hall–Kier alpha value is -2.60. The van der Waals surface area contributed by atoms with Crippen molar-refractivity contribution >= 4 is 20.9 Å². The summed E-state index contributed by atoms with van der Waals surface area (Å²) in [5, 5.41) is 5.49. The van der Waals surface area contributed by atoms with E-state index in [0.29, 0.717) is 11.9 Å². The first kappa shape index (κ1) is 29.9. The standard InChI is InChI=1S/C32H47N3O2S/c1-3-4-5-6-7-8-9-10-11-12-13-14-15-21-26-38(36,37)34-33-32-27-28(2)30-24-19-20-25-31(30)35(32)29-22-17-16-18-23-29/h16-20,22-25,27,34H,3-15,21,26H2,1-2H3/b33-32-. The highest BCUT2D eigenvalue weighted by atomic mass is 32.2. The number of nitrogens with zero attached hydrogens (tertiary/aromatic N) is 2. The molecule has 0 spiro atoms. The summed E-state index contributed by atoms with van der Waals surface area (Å²) in [6.07, 6.45) is 17.4. The third kappa shape index (κ3) is 9.94. The Morgan fingerprint density at radius 3 is 1.84 bits per heavy atom. The van der Waals surface area contributed by atoms with Crippen LogP contribution in [0.4, 0.5) is 0 Å². The third-order valence-electron chi connectivity index (χ3n) is 7.22. The van der Waals surface area contributed by atoms with Gasteiger partial charge in [0.15, 0.2) is 5.49 Å². The molecule has 208 valence electrons. The number of fused-ring (bicyclic) bond motifs is 1. The average Bonchev–Trinajstić information content (AvgIpc) is 2.93. The van der Waals surface area contributed by atoms with Gasteiger partial charge in [0, 0.05) is 11.1 Å². The van der Waals surface area contributed by atoms with Gasteiger partial charge in [-0.05, 0) is 43.2 Å². The number of hydrogen-bond acceptors (Lipinski definition) is 3. The lowest BCUT2D eigenvalue weighted by atomic mass is 10.0. The summed E-state index contributed by atoms with van der Waals surface area (Å²) >= 11 is 0. The van der Waals surface area contributed by atoms with E-state index in [2.05, 4.69) is 22.9 Å². The number of unbranched alkanes of at least 4 members (excludes halogenated alkanes) is 13. The van der Waals surface area contributed by atoms with Crippen LogP contribution in [0, 0.1) is 6.92 Å². The number of pyridine rings is 1. The maximum Gasteiger partial charge on any atom is 0.247 e. The van der Waals surface area contributed by atoms with E-state index < -0.39 is 10.0 Å². The molecule has 0 atom stereocenters. The van der Waals surface area contributed by atoms with Crippen molar-refractivity contribution in [1.82, 2.24) is 9.40 Å². The molecule has 0 aliphatic carbocycles. The van der Waals surface area contributed by atoms with Gasteiger partial charge in [-0.1, -0.05) is 127 Å². The minimum Gasteiger partial charge on any atom is -0.293 e. The molecule has 1 heterocycles. The molecule has 3 rings (SSSR count). The van der Waals surface area contributed by atoms with E-state index in [1.54, 1.807) is 0 Å². The van der Waals surface area contributed by atoms with Gasteiger partial charge in [-0.25, -0.2) is 13.2 Å². The van der Waals surface area contributed by atoms with Crippen molar-refractivity contribution in [3.05, 3.63) is 71.7 Å². The molecular weight excluding hydrogens is 490 g/mol. The first-order chi connectivity index (χ1) is 18.5. The third-order valence-corrected chi connectivity index (χ3v) is 8.42. The van der Waals surface area contributed by atoms with E-state index >= 15 is 0 Å². The molecule has 0 bridgehead atoms. The molecule has 38 heavy (non-hydrogen) atoms. The summed E-state index contributed by atoms with van der Waals surface area (Å²) in [5.41, 5.74) is 3.55. The molecule has 2 aromatic carbocycles. The van der Waals surface area contributed by atoms with Gasteiger partial charge in [0.05, 0.1) is 11.3 Å². The molecule has 0 unspecified atom stereocenters. The average molecular weight is 538 g/mol. The highest BCUT2D eigenvalue weighted by Gasteiger charge is 2.10. The number of para-hydroxylation sites is 2. The van der Waals surface area contributed by atoms with Gasteiger partial charge in [-0.3, -0.25) is 4.57 Å². The van der Waals surface area contributed by atoms with Crippen LogP contribution in [-0.4, -0.2) is 18.7 Å². The zero-order valence-corrected chi connectivity index (χ0v) is 24.3. The van der Waals surface area contributed by atoms with E-state index in [9.17, 15) is 8.42 Å². The van der Waals surface area contributed by atoms with Crippen LogP contribution in [0.15, 0.2) is 65.8 Å². The molecule has 6 heteroatoms. The van der Waals surface area contributed by atoms with Gasteiger partial charge >= 0.3 is 0 Å². The van der Waals surface area contributed by atoms with Gasteiger partial charge in [-0.2, -0.15) is 0 Å². The van der Waals surface area contributed by atoms with E-state index in [0.717, 1.165) is 35.0 Å². The summed E-state index contributed by atoms with van der Waals surface area (Å²) < 4.78 is 27.4. The lowest BCUT2D eigenvalue weighted by Crippen LogP contribution is -2.28. The van der Waals surface area contributed by atoms with E-state index in [1.165, 1.54) is 70.6 Å². The van der Waals surface area contributed by atoms with Crippen LogP contribution in [0.2, 0.25) is 0 Å². The summed E-state index contributed by atoms with van der Waals surface area (Å²) in [4.78, 5) is 2.50. The molecule has 1 aromatic heterocycles. The van der Waals surface area contributed by atoms with Crippen molar-refractivity contribution in [3.63, 3.8) is 0 Å². The van der Waals surface area contributed by atoms with Crippen LogP contribution in [0.25, 0.3) is 16.6 Å². The first-order valence-corrected chi connectivity index (χ1v) is 16.4. The Kier molecular flexibility index (Phi) is 12.9. The molecule has 0 amide bonds. The minimum atomic E-state index is -3.49. The van der Waals surface area contributed by atoms with Crippen molar-refractivity contribution in [1.29, 1.82) is 0 Å². The van der Waals surface area contributed by atoms with E-state index in [-0.39, 0.29) is 5.75 Å². The minimum absolute atomic E-state index is 0.104. The number of nitrogens with one attached hydrogen (secondary N) is 1. The molecule has 0 fully saturated rings. The molecule has 0 aliphatic rings. The zero-order chi connectivity index (χ0) is 27.1. The van der Waals surface area contributed by atoms with Crippen molar-refractivity contribution < 1.29 is 8.42 Å². The first-order valence-electron chi connectivity index (χ1n) is 14.7. The summed E-state index contributed by atoms with van der Waals surface area (Å²) in [6, 6.07) is 20.0.